The average Bonchev–Trinajstić information content (AvgIpc) is 3.43. The summed E-state index contributed by atoms with van der Waals surface area (Å²) in [7, 11) is -1.52. The molecular weight excluding hydrogens is 609 g/mol. The highest BCUT2D eigenvalue weighted by Gasteiger charge is 2.36. The second-order valence-electron chi connectivity index (χ2n) is 10.8. The first-order valence-corrected chi connectivity index (χ1v) is 16.0. The van der Waals surface area contributed by atoms with Crippen LogP contribution in [0.1, 0.15) is 24.0 Å². The minimum absolute atomic E-state index is 0.000193. The molecule has 232 valence electrons. The first-order valence-electron chi connectivity index (χ1n) is 13.7. The number of amides is 1. The van der Waals surface area contributed by atoms with Crippen molar-refractivity contribution in [3.8, 4) is 17.1 Å². The van der Waals surface area contributed by atoms with E-state index in [1.165, 1.54) is 21.4 Å². The molecular formula is C27H32ClF3N8O3S. The van der Waals surface area contributed by atoms with E-state index in [1.807, 2.05) is 6.07 Å². The smallest absolute Gasteiger partial charge is 0.351 e. The lowest BCUT2D eigenvalue weighted by Gasteiger charge is -2.31. The largest absolute Gasteiger partial charge is 0.420 e. The minimum atomic E-state index is -4.72. The Morgan fingerprint density at radius 2 is 1.86 bits per heavy atom. The summed E-state index contributed by atoms with van der Waals surface area (Å²) in [5.41, 5.74) is 0.0848. The third kappa shape index (κ3) is 7.45. The molecule has 0 atom stereocenters. The zero-order chi connectivity index (χ0) is 30.9. The number of halogens is 4. The number of piperidine rings is 1. The maximum atomic E-state index is 13.9. The third-order valence-corrected chi connectivity index (χ3v) is 9.32. The summed E-state index contributed by atoms with van der Waals surface area (Å²) in [6.07, 6.45) is 1.58. The number of carbonyl (C=O) groups is 1. The van der Waals surface area contributed by atoms with Gasteiger partial charge < -0.3 is 14.8 Å². The molecule has 0 radical (unpaired) electrons. The van der Waals surface area contributed by atoms with Crippen LogP contribution in [0.2, 0.25) is 5.02 Å². The van der Waals surface area contributed by atoms with Crippen molar-refractivity contribution in [2.45, 2.75) is 31.5 Å². The summed E-state index contributed by atoms with van der Waals surface area (Å²) in [6, 6.07) is 5.27. The van der Waals surface area contributed by atoms with Crippen LogP contribution in [0.5, 0.6) is 0 Å². The van der Waals surface area contributed by atoms with Crippen LogP contribution in [0.3, 0.4) is 0 Å². The van der Waals surface area contributed by atoms with Crippen LogP contribution >= 0.6 is 11.6 Å². The Kier molecular flexibility index (Phi) is 8.97. The number of aromatic nitrogens is 4. The van der Waals surface area contributed by atoms with Gasteiger partial charge in [-0.05, 0) is 37.0 Å². The van der Waals surface area contributed by atoms with E-state index in [1.54, 1.807) is 24.1 Å². The van der Waals surface area contributed by atoms with Crippen LogP contribution in [0.25, 0.3) is 17.1 Å². The molecule has 0 bridgehead atoms. The molecule has 0 aliphatic carbocycles. The van der Waals surface area contributed by atoms with Crippen molar-refractivity contribution in [2.75, 3.05) is 57.9 Å². The molecule has 0 spiro atoms. The number of benzene rings is 1. The quantitative estimate of drug-likeness (QED) is 0.399. The molecule has 2 aromatic heterocycles. The molecule has 2 aliphatic heterocycles. The van der Waals surface area contributed by atoms with Gasteiger partial charge in [0.1, 0.15) is 23.3 Å². The monoisotopic (exact) mass is 640 g/mol. The predicted octanol–water partition coefficient (Wildman–Crippen LogP) is 3.15. The van der Waals surface area contributed by atoms with Gasteiger partial charge in [0, 0.05) is 58.2 Å². The molecule has 11 nitrogen and oxygen atoms in total. The van der Waals surface area contributed by atoms with Crippen LogP contribution in [0.15, 0.2) is 36.9 Å². The van der Waals surface area contributed by atoms with Crippen molar-refractivity contribution < 1.29 is 26.4 Å². The van der Waals surface area contributed by atoms with Crippen molar-refractivity contribution in [3.05, 3.63) is 53.1 Å². The first-order chi connectivity index (χ1) is 20.3. The van der Waals surface area contributed by atoms with E-state index in [2.05, 4.69) is 25.2 Å². The first kappa shape index (κ1) is 31.2. The number of carbonyl (C=O) groups excluding carboxylic acids is 1. The van der Waals surface area contributed by atoms with E-state index in [-0.39, 0.29) is 29.3 Å². The third-order valence-electron chi connectivity index (χ3n) is 7.72. The van der Waals surface area contributed by atoms with Crippen molar-refractivity contribution in [2.24, 2.45) is 0 Å². The van der Waals surface area contributed by atoms with Crippen molar-refractivity contribution >= 4 is 33.5 Å². The van der Waals surface area contributed by atoms with Crippen LogP contribution in [-0.2, 0) is 27.4 Å². The van der Waals surface area contributed by atoms with E-state index in [9.17, 15) is 26.4 Å². The average molecular weight is 641 g/mol. The Morgan fingerprint density at radius 1 is 1.12 bits per heavy atom. The number of piperazine rings is 1. The second kappa shape index (κ2) is 12.4. The second-order valence-corrected chi connectivity index (χ2v) is 13.2. The van der Waals surface area contributed by atoms with Crippen LogP contribution in [-0.4, -0.2) is 107 Å². The molecule has 3 aromatic rings. The van der Waals surface area contributed by atoms with E-state index < -0.39 is 21.8 Å². The van der Waals surface area contributed by atoms with Crippen LogP contribution < -0.4 is 5.32 Å². The summed E-state index contributed by atoms with van der Waals surface area (Å²) in [4.78, 5) is 28.0. The molecule has 43 heavy (non-hydrogen) atoms. The Balaban J connectivity index is 1.31. The highest BCUT2D eigenvalue weighted by atomic mass is 35.5. The Hall–Kier alpha value is -3.27. The minimum Gasteiger partial charge on any atom is -0.351 e. The number of hydrogen-bond donors (Lipinski definition) is 1. The normalized spacial score (nSPS) is 17.9. The fourth-order valence-corrected chi connectivity index (χ4v) is 6.32. The molecule has 1 N–H and O–H groups in total. The highest BCUT2D eigenvalue weighted by Crippen LogP contribution is 2.36. The van der Waals surface area contributed by atoms with Crippen molar-refractivity contribution in [1.82, 2.24) is 33.6 Å². The van der Waals surface area contributed by atoms with E-state index in [0.29, 0.717) is 62.7 Å². The Labute approximate surface area is 252 Å². The molecule has 16 heteroatoms. The molecule has 2 saturated heterocycles. The van der Waals surface area contributed by atoms with E-state index >= 15 is 0 Å². The number of nitrogens with zero attached hydrogens (tertiary/aromatic N) is 7. The highest BCUT2D eigenvalue weighted by molar-refractivity contribution is 7.88. The molecule has 0 saturated carbocycles. The molecule has 1 aromatic carbocycles. The maximum absolute atomic E-state index is 13.9. The van der Waals surface area contributed by atoms with Gasteiger partial charge in [0.25, 0.3) is 0 Å². The lowest BCUT2D eigenvalue weighted by Crippen LogP contribution is -2.48. The number of likely N-dealkylation sites (N-methyl/N-ethyl adjacent to an activating group) is 1. The molecule has 2 aliphatic rings. The lowest BCUT2D eigenvalue weighted by molar-refractivity contribution is -0.137. The number of nitrogens with one attached hydrogen (secondary N) is 1. The summed E-state index contributed by atoms with van der Waals surface area (Å²) in [5.74, 6) is 0.0885. The van der Waals surface area contributed by atoms with Crippen LogP contribution in [0, 0.1) is 0 Å². The SMILES string of the molecule is CN1CCN(CCc2ccc(-n3cnc(-c4nc(NC5CCN(S(C)(=O)=O)CC5)ncc4C(F)(F)F)c3)c(Cl)c2)CC1=O. The summed E-state index contributed by atoms with van der Waals surface area (Å²) < 4.78 is 68.2. The zero-order valence-electron chi connectivity index (χ0n) is 23.7. The molecule has 4 heterocycles. The number of alkyl halides is 3. The standard InChI is InChI=1S/C27H32ClF3N8O3S/c1-36-11-12-37(16-24(36)40)8-5-18-3-4-23(21(28)13-18)38-15-22(33-17-38)25-20(27(29,30)31)14-32-26(35-25)34-19-6-9-39(10-7-19)43(2,41)42/h3-4,13-15,17,19H,5-12,16H2,1-2H3,(H,32,34,35). The molecule has 0 unspecified atom stereocenters. The number of sulfonamides is 1. The van der Waals surface area contributed by atoms with E-state index in [4.69, 9.17) is 11.6 Å². The van der Waals surface area contributed by atoms with Gasteiger partial charge in [-0.25, -0.2) is 27.7 Å². The van der Waals surface area contributed by atoms with Gasteiger partial charge >= 0.3 is 6.18 Å². The maximum Gasteiger partial charge on any atom is 0.420 e. The van der Waals surface area contributed by atoms with Crippen molar-refractivity contribution in [3.63, 3.8) is 0 Å². The Bertz CT molecular complexity index is 1590. The fourth-order valence-electron chi connectivity index (χ4n) is 5.15. The number of imidazole rings is 1. The topological polar surface area (TPSA) is 117 Å². The van der Waals surface area contributed by atoms with Crippen LogP contribution in [0.4, 0.5) is 19.1 Å². The predicted molar refractivity (Wildman–Crippen MR) is 155 cm³/mol. The van der Waals surface area contributed by atoms with Gasteiger partial charge in [0.2, 0.25) is 21.9 Å². The number of hydrogen-bond acceptors (Lipinski definition) is 8. The van der Waals surface area contributed by atoms with E-state index in [0.717, 1.165) is 24.6 Å². The van der Waals surface area contributed by atoms with Gasteiger partial charge in [-0.3, -0.25) is 9.69 Å². The fraction of sp³-hybridized carbons (Fsp3) is 0.481. The summed E-state index contributed by atoms with van der Waals surface area (Å²) >= 11 is 6.58. The Morgan fingerprint density at radius 3 is 2.51 bits per heavy atom. The molecule has 2 fully saturated rings. The zero-order valence-corrected chi connectivity index (χ0v) is 25.3. The van der Waals surface area contributed by atoms with Gasteiger partial charge in [-0.15, -0.1) is 0 Å². The van der Waals surface area contributed by atoms with Crippen molar-refractivity contribution in [1.29, 1.82) is 0 Å². The summed E-state index contributed by atoms with van der Waals surface area (Å²) in [6.45, 7) is 3.15. The lowest BCUT2D eigenvalue weighted by atomic mass is 10.1. The molecule has 5 rings (SSSR count). The van der Waals surface area contributed by atoms with Gasteiger partial charge in [0.05, 0.1) is 23.5 Å². The van der Waals surface area contributed by atoms with Gasteiger partial charge in [-0.1, -0.05) is 17.7 Å². The summed E-state index contributed by atoms with van der Waals surface area (Å²) in [5, 5.41) is 3.44. The number of rotatable bonds is 8. The number of anilines is 1. The molecule has 1 amide bonds. The van der Waals surface area contributed by atoms with Gasteiger partial charge in [-0.2, -0.15) is 13.2 Å². The van der Waals surface area contributed by atoms with Gasteiger partial charge in [0.15, 0.2) is 0 Å².